The van der Waals surface area contributed by atoms with Crippen molar-refractivity contribution in [2.75, 3.05) is 13.7 Å². The van der Waals surface area contributed by atoms with Gasteiger partial charge in [-0.2, -0.15) is 4.31 Å². The van der Waals surface area contributed by atoms with Gasteiger partial charge in [-0.15, -0.1) is 0 Å². The zero-order valence-electron chi connectivity index (χ0n) is 18.8. The lowest BCUT2D eigenvalue weighted by atomic mass is 10.1. The Morgan fingerprint density at radius 2 is 1.76 bits per heavy atom. The third-order valence-electron chi connectivity index (χ3n) is 5.88. The average Bonchev–Trinajstić information content (AvgIpc) is 3.52. The van der Waals surface area contributed by atoms with Crippen LogP contribution in [0.25, 0.3) is 0 Å². The van der Waals surface area contributed by atoms with Crippen LogP contribution in [0.2, 0.25) is 0 Å². The van der Waals surface area contributed by atoms with Crippen LogP contribution < -0.4 is 4.74 Å². The van der Waals surface area contributed by atoms with Gasteiger partial charge in [-0.05, 0) is 62.2 Å². The Labute approximate surface area is 193 Å². The van der Waals surface area contributed by atoms with Gasteiger partial charge >= 0.3 is 0 Å². The van der Waals surface area contributed by atoms with Crippen LogP contribution in [-0.2, 0) is 23.1 Å². The minimum absolute atomic E-state index is 0.000507. The van der Waals surface area contributed by atoms with E-state index < -0.39 is 10.0 Å². The van der Waals surface area contributed by atoms with Crippen LogP contribution >= 0.6 is 0 Å². The van der Waals surface area contributed by atoms with E-state index in [1.54, 1.807) is 47.8 Å². The Balaban J connectivity index is 1.68. The molecular formula is C24H28N2O6S. The first-order valence-corrected chi connectivity index (χ1v) is 12.4. The highest BCUT2D eigenvalue weighted by atomic mass is 32.2. The second-order valence-corrected chi connectivity index (χ2v) is 10.0. The summed E-state index contributed by atoms with van der Waals surface area (Å²) in [4.78, 5) is 15.1. The highest BCUT2D eigenvalue weighted by Gasteiger charge is 2.34. The zero-order valence-corrected chi connectivity index (χ0v) is 19.6. The summed E-state index contributed by atoms with van der Waals surface area (Å²) in [5, 5.41) is 0. The molecule has 8 nitrogen and oxygen atoms in total. The van der Waals surface area contributed by atoms with Gasteiger partial charge in [-0.25, -0.2) is 8.42 Å². The maximum absolute atomic E-state index is 13.5. The Hall–Kier alpha value is -3.04. The third kappa shape index (κ3) is 4.99. The number of benzene rings is 1. The molecule has 0 spiro atoms. The number of nitrogens with zero attached hydrogens (tertiary/aromatic N) is 2. The van der Waals surface area contributed by atoms with Gasteiger partial charge in [0.15, 0.2) is 0 Å². The van der Waals surface area contributed by atoms with Gasteiger partial charge in [0.2, 0.25) is 10.0 Å². The summed E-state index contributed by atoms with van der Waals surface area (Å²) in [6, 6.07) is 11.5. The average molecular weight is 473 g/mol. The number of methoxy groups -OCH3 is 1. The highest BCUT2D eigenvalue weighted by Crippen LogP contribution is 2.32. The molecular weight excluding hydrogens is 444 g/mol. The van der Waals surface area contributed by atoms with Crippen LogP contribution in [0.3, 0.4) is 0 Å². The van der Waals surface area contributed by atoms with E-state index >= 15 is 0 Å². The van der Waals surface area contributed by atoms with Crippen molar-refractivity contribution in [1.82, 2.24) is 9.21 Å². The highest BCUT2D eigenvalue weighted by molar-refractivity contribution is 7.89. The lowest BCUT2D eigenvalue weighted by Crippen LogP contribution is -2.42. The monoisotopic (exact) mass is 472 g/mol. The first kappa shape index (κ1) is 23.1. The standard InChI is InChI=1S/C24H28N2O6S/c1-18-7-3-4-12-26(18)33(28,29)23-15-19(10-11-22(23)30-2)24(27)25(16-20-8-5-13-31-20)17-21-9-6-14-32-21/h5-6,8-11,13-15,18H,3-4,7,12,16-17H2,1-2H3. The summed E-state index contributed by atoms with van der Waals surface area (Å²) in [6.45, 7) is 2.79. The molecule has 0 aliphatic carbocycles. The quantitative estimate of drug-likeness (QED) is 0.486. The Kier molecular flexibility index (Phi) is 6.90. The SMILES string of the molecule is COc1ccc(C(=O)N(Cc2ccco2)Cc2ccco2)cc1S(=O)(=O)N1CCCCC1C. The number of carbonyl (C=O) groups is 1. The molecule has 176 valence electrons. The topological polar surface area (TPSA) is 93.2 Å². The minimum atomic E-state index is -3.84. The molecule has 1 amide bonds. The first-order chi connectivity index (χ1) is 15.9. The second-order valence-electron chi connectivity index (χ2n) is 8.15. The number of piperidine rings is 1. The van der Waals surface area contributed by atoms with Crippen molar-refractivity contribution in [1.29, 1.82) is 0 Å². The number of rotatable bonds is 8. The fourth-order valence-electron chi connectivity index (χ4n) is 4.13. The predicted octanol–water partition coefficient (Wildman–Crippen LogP) is 4.29. The van der Waals surface area contributed by atoms with Gasteiger partial charge in [0.1, 0.15) is 22.2 Å². The smallest absolute Gasteiger partial charge is 0.254 e. The molecule has 1 aromatic carbocycles. The number of hydrogen-bond donors (Lipinski definition) is 0. The van der Waals surface area contributed by atoms with Crippen molar-refractivity contribution in [2.45, 2.75) is 50.2 Å². The van der Waals surface area contributed by atoms with Crippen LogP contribution in [0.1, 0.15) is 48.1 Å². The molecule has 4 rings (SSSR count). The molecule has 1 fully saturated rings. The molecule has 3 aromatic rings. The number of sulfonamides is 1. The molecule has 1 unspecified atom stereocenters. The van der Waals surface area contributed by atoms with E-state index in [0.29, 0.717) is 18.1 Å². The Bertz CT molecular complexity index is 1140. The zero-order chi connectivity index (χ0) is 23.4. The molecule has 1 aliphatic heterocycles. The van der Waals surface area contributed by atoms with Crippen molar-refractivity contribution in [3.8, 4) is 5.75 Å². The molecule has 1 saturated heterocycles. The van der Waals surface area contributed by atoms with Crippen molar-refractivity contribution in [3.05, 3.63) is 72.1 Å². The van der Waals surface area contributed by atoms with Gasteiger partial charge in [0, 0.05) is 18.2 Å². The van der Waals surface area contributed by atoms with Gasteiger partial charge in [-0.3, -0.25) is 4.79 Å². The van der Waals surface area contributed by atoms with E-state index in [9.17, 15) is 13.2 Å². The summed E-state index contributed by atoms with van der Waals surface area (Å²) in [6.07, 6.45) is 5.70. The largest absolute Gasteiger partial charge is 0.495 e. The number of hydrogen-bond acceptors (Lipinski definition) is 6. The van der Waals surface area contributed by atoms with Crippen LogP contribution in [0, 0.1) is 0 Å². The molecule has 33 heavy (non-hydrogen) atoms. The lowest BCUT2D eigenvalue weighted by Gasteiger charge is -2.32. The van der Waals surface area contributed by atoms with E-state index in [-0.39, 0.29) is 41.2 Å². The summed E-state index contributed by atoms with van der Waals surface area (Å²) in [5.74, 6) is 1.10. The van der Waals surface area contributed by atoms with Crippen LogP contribution in [-0.4, -0.2) is 43.2 Å². The number of furan rings is 2. The van der Waals surface area contributed by atoms with Crippen LogP contribution in [0.4, 0.5) is 0 Å². The van der Waals surface area contributed by atoms with Crippen LogP contribution in [0.15, 0.2) is 68.7 Å². The normalized spacial score (nSPS) is 17.1. The summed E-state index contributed by atoms with van der Waals surface area (Å²) in [7, 11) is -2.41. The summed E-state index contributed by atoms with van der Waals surface area (Å²) >= 11 is 0. The van der Waals surface area contributed by atoms with Crippen molar-refractivity contribution in [2.24, 2.45) is 0 Å². The third-order valence-corrected chi connectivity index (χ3v) is 7.91. The van der Waals surface area contributed by atoms with E-state index in [2.05, 4.69) is 0 Å². The number of carbonyl (C=O) groups excluding carboxylic acids is 1. The van der Waals surface area contributed by atoms with E-state index in [0.717, 1.165) is 19.3 Å². The lowest BCUT2D eigenvalue weighted by molar-refractivity contribution is 0.0704. The molecule has 0 N–H and O–H groups in total. The molecule has 2 aromatic heterocycles. The molecule has 0 saturated carbocycles. The summed E-state index contributed by atoms with van der Waals surface area (Å²) < 4.78 is 44.8. The van der Waals surface area contributed by atoms with E-state index in [4.69, 9.17) is 13.6 Å². The van der Waals surface area contributed by atoms with Gasteiger partial charge in [0.05, 0.1) is 32.7 Å². The first-order valence-electron chi connectivity index (χ1n) is 10.9. The van der Waals surface area contributed by atoms with Crippen LogP contribution in [0.5, 0.6) is 5.75 Å². The molecule has 1 aliphatic rings. The van der Waals surface area contributed by atoms with E-state index in [1.165, 1.54) is 23.5 Å². The van der Waals surface area contributed by atoms with Crippen molar-refractivity contribution >= 4 is 15.9 Å². The molecule has 9 heteroatoms. The minimum Gasteiger partial charge on any atom is -0.495 e. The molecule has 1 atom stereocenters. The van der Waals surface area contributed by atoms with Gasteiger partial charge < -0.3 is 18.5 Å². The molecule has 3 heterocycles. The molecule has 0 radical (unpaired) electrons. The second kappa shape index (κ2) is 9.84. The molecule has 0 bridgehead atoms. The van der Waals surface area contributed by atoms with E-state index in [1.807, 2.05) is 6.92 Å². The fourth-order valence-corrected chi connectivity index (χ4v) is 6.01. The number of ether oxygens (including phenoxy) is 1. The van der Waals surface area contributed by atoms with Crippen molar-refractivity contribution in [3.63, 3.8) is 0 Å². The maximum Gasteiger partial charge on any atom is 0.254 e. The fraction of sp³-hybridized carbons (Fsp3) is 0.375. The predicted molar refractivity (Wildman–Crippen MR) is 121 cm³/mol. The van der Waals surface area contributed by atoms with Crippen molar-refractivity contribution < 1.29 is 26.8 Å². The maximum atomic E-state index is 13.5. The Morgan fingerprint density at radius 1 is 1.09 bits per heavy atom. The summed E-state index contributed by atoms with van der Waals surface area (Å²) in [5.41, 5.74) is 0.247. The number of amides is 1. The van der Waals surface area contributed by atoms with Gasteiger partial charge in [0.25, 0.3) is 5.91 Å². The Morgan fingerprint density at radius 3 is 2.30 bits per heavy atom. The van der Waals surface area contributed by atoms with Gasteiger partial charge in [-0.1, -0.05) is 6.42 Å².